The molecule has 0 aliphatic carbocycles. The van der Waals surface area contributed by atoms with E-state index >= 15 is 0 Å². The lowest BCUT2D eigenvalue weighted by atomic mass is 10.1. The summed E-state index contributed by atoms with van der Waals surface area (Å²) in [5.41, 5.74) is 2.25. The molecule has 0 aromatic heterocycles. The highest BCUT2D eigenvalue weighted by molar-refractivity contribution is 5.75. The van der Waals surface area contributed by atoms with Gasteiger partial charge in [0.2, 0.25) is 5.91 Å². The molecule has 5 heteroatoms. The van der Waals surface area contributed by atoms with Gasteiger partial charge in [0.25, 0.3) is 0 Å². The molecule has 1 aliphatic heterocycles. The molecule has 1 N–H and O–H groups in total. The van der Waals surface area contributed by atoms with E-state index in [0.29, 0.717) is 31.1 Å². The third-order valence-electron chi connectivity index (χ3n) is 4.88. The van der Waals surface area contributed by atoms with Crippen molar-refractivity contribution >= 4 is 5.91 Å². The number of nitrogens with one attached hydrogen (secondary N) is 1. The smallest absolute Gasteiger partial charge is 0.220 e. The Bertz CT molecular complexity index is 742. The molecule has 1 amide bonds. The molecule has 2 aromatic rings. The Labute approximate surface area is 167 Å². The molecule has 0 spiro atoms. The van der Waals surface area contributed by atoms with E-state index in [4.69, 9.17) is 14.2 Å². The fraction of sp³-hybridized carbons (Fsp3) is 0.435. The van der Waals surface area contributed by atoms with Crippen molar-refractivity contribution in [3.63, 3.8) is 0 Å². The lowest BCUT2D eigenvalue weighted by Gasteiger charge is -2.15. The number of rotatable bonds is 10. The summed E-state index contributed by atoms with van der Waals surface area (Å²) in [6, 6.07) is 16.0. The Balaban J connectivity index is 1.42. The molecule has 1 fully saturated rings. The number of carbonyl (C=O) groups is 1. The van der Waals surface area contributed by atoms with Crippen LogP contribution in [0.4, 0.5) is 0 Å². The van der Waals surface area contributed by atoms with Crippen molar-refractivity contribution in [1.82, 2.24) is 5.32 Å². The molecule has 1 unspecified atom stereocenters. The number of aryl methyl sites for hydroxylation is 1. The van der Waals surface area contributed by atoms with Crippen molar-refractivity contribution in [2.45, 2.75) is 44.8 Å². The second-order valence-electron chi connectivity index (χ2n) is 7.05. The summed E-state index contributed by atoms with van der Waals surface area (Å²) in [5.74, 6) is 1.44. The highest BCUT2D eigenvalue weighted by Crippen LogP contribution is 2.29. The summed E-state index contributed by atoms with van der Waals surface area (Å²) < 4.78 is 16.9. The molecule has 3 rings (SSSR count). The number of ether oxygens (including phenoxy) is 3. The average Bonchev–Trinajstić information content (AvgIpc) is 3.25. The molecule has 1 saturated heterocycles. The summed E-state index contributed by atoms with van der Waals surface area (Å²) >= 11 is 0. The van der Waals surface area contributed by atoms with Crippen molar-refractivity contribution in [2.75, 3.05) is 20.3 Å². The quantitative estimate of drug-likeness (QED) is 0.676. The van der Waals surface area contributed by atoms with Crippen LogP contribution in [0.2, 0.25) is 0 Å². The number of hydrogen-bond acceptors (Lipinski definition) is 4. The van der Waals surface area contributed by atoms with Crippen LogP contribution in [0, 0.1) is 0 Å². The predicted molar refractivity (Wildman–Crippen MR) is 109 cm³/mol. The topological polar surface area (TPSA) is 56.8 Å². The van der Waals surface area contributed by atoms with E-state index in [1.165, 1.54) is 5.56 Å². The van der Waals surface area contributed by atoms with Gasteiger partial charge in [-0.05, 0) is 48.9 Å². The summed E-state index contributed by atoms with van der Waals surface area (Å²) in [4.78, 5) is 12.1. The van der Waals surface area contributed by atoms with Crippen LogP contribution in [0.15, 0.2) is 48.5 Å². The van der Waals surface area contributed by atoms with Gasteiger partial charge >= 0.3 is 0 Å². The van der Waals surface area contributed by atoms with Gasteiger partial charge in [-0.3, -0.25) is 4.79 Å². The first kappa shape index (κ1) is 20.2. The van der Waals surface area contributed by atoms with E-state index in [2.05, 4.69) is 17.4 Å². The molecule has 28 heavy (non-hydrogen) atoms. The molecule has 2 aromatic carbocycles. The Hall–Kier alpha value is -2.53. The molecule has 0 saturated carbocycles. The van der Waals surface area contributed by atoms with Gasteiger partial charge in [0.1, 0.15) is 6.61 Å². The van der Waals surface area contributed by atoms with Crippen LogP contribution in [0.5, 0.6) is 11.5 Å². The fourth-order valence-electron chi connectivity index (χ4n) is 3.29. The van der Waals surface area contributed by atoms with Crippen LogP contribution in [0.3, 0.4) is 0 Å². The van der Waals surface area contributed by atoms with Crippen molar-refractivity contribution in [2.24, 2.45) is 0 Å². The maximum absolute atomic E-state index is 12.1. The minimum Gasteiger partial charge on any atom is -0.493 e. The number of amides is 1. The Morgan fingerprint density at radius 3 is 2.75 bits per heavy atom. The van der Waals surface area contributed by atoms with Crippen LogP contribution in [-0.2, 0) is 22.5 Å². The summed E-state index contributed by atoms with van der Waals surface area (Å²) in [6.45, 7) is 1.83. The molecule has 0 bridgehead atoms. The normalized spacial score (nSPS) is 16.0. The van der Waals surface area contributed by atoms with Crippen molar-refractivity contribution in [3.8, 4) is 11.5 Å². The summed E-state index contributed by atoms with van der Waals surface area (Å²) in [6.07, 6.45) is 4.58. The lowest BCUT2D eigenvalue weighted by molar-refractivity contribution is -0.121. The van der Waals surface area contributed by atoms with E-state index in [9.17, 15) is 4.79 Å². The van der Waals surface area contributed by atoms with Gasteiger partial charge in [-0.25, -0.2) is 0 Å². The predicted octanol–water partition coefficient (Wildman–Crippen LogP) is 3.89. The number of benzene rings is 2. The van der Waals surface area contributed by atoms with Crippen molar-refractivity contribution < 1.29 is 19.0 Å². The van der Waals surface area contributed by atoms with Crippen molar-refractivity contribution in [3.05, 3.63) is 59.7 Å². The lowest BCUT2D eigenvalue weighted by Crippen LogP contribution is -2.22. The average molecular weight is 383 g/mol. The molecule has 1 atom stereocenters. The summed E-state index contributed by atoms with van der Waals surface area (Å²) in [7, 11) is 1.63. The number of hydrogen-bond donors (Lipinski definition) is 1. The molecular formula is C23H29NO4. The van der Waals surface area contributed by atoms with Crippen LogP contribution < -0.4 is 14.8 Å². The van der Waals surface area contributed by atoms with Gasteiger partial charge in [-0.15, -0.1) is 0 Å². The second kappa shape index (κ2) is 10.7. The van der Waals surface area contributed by atoms with Gasteiger partial charge in [-0.2, -0.15) is 0 Å². The van der Waals surface area contributed by atoms with E-state index < -0.39 is 0 Å². The monoisotopic (exact) mass is 383 g/mol. The van der Waals surface area contributed by atoms with E-state index in [1.807, 2.05) is 36.4 Å². The minimum absolute atomic E-state index is 0.0635. The van der Waals surface area contributed by atoms with Crippen LogP contribution >= 0.6 is 0 Å². The highest BCUT2D eigenvalue weighted by Gasteiger charge is 2.17. The zero-order valence-corrected chi connectivity index (χ0v) is 16.5. The van der Waals surface area contributed by atoms with Gasteiger partial charge < -0.3 is 19.5 Å². The first-order chi connectivity index (χ1) is 13.7. The molecular weight excluding hydrogens is 354 g/mol. The second-order valence-corrected chi connectivity index (χ2v) is 7.05. The fourth-order valence-corrected chi connectivity index (χ4v) is 3.29. The molecule has 150 valence electrons. The maximum atomic E-state index is 12.1. The van der Waals surface area contributed by atoms with Crippen LogP contribution in [0.25, 0.3) is 0 Å². The van der Waals surface area contributed by atoms with Gasteiger partial charge in [-0.1, -0.05) is 36.4 Å². The molecule has 1 heterocycles. The Kier molecular flexibility index (Phi) is 7.73. The third-order valence-corrected chi connectivity index (χ3v) is 4.88. The highest BCUT2D eigenvalue weighted by atomic mass is 16.5. The molecule has 1 aliphatic rings. The first-order valence-electron chi connectivity index (χ1n) is 9.96. The van der Waals surface area contributed by atoms with Crippen molar-refractivity contribution in [1.29, 1.82) is 0 Å². The van der Waals surface area contributed by atoms with E-state index in [0.717, 1.165) is 37.9 Å². The zero-order chi connectivity index (χ0) is 19.6. The maximum Gasteiger partial charge on any atom is 0.220 e. The van der Waals surface area contributed by atoms with E-state index in [-0.39, 0.29) is 12.0 Å². The standard InChI is InChI=1S/C23H29NO4/c1-26-22-15-19(12-13-21(22)28-17-20-10-6-14-27-20)16-24-23(25)11-5-9-18-7-3-2-4-8-18/h2-4,7-8,12-13,15,20H,5-6,9-11,14,16-17H2,1H3,(H,24,25). The molecule has 0 radical (unpaired) electrons. The van der Waals surface area contributed by atoms with Crippen LogP contribution in [0.1, 0.15) is 36.8 Å². The minimum atomic E-state index is 0.0635. The Morgan fingerprint density at radius 1 is 1.14 bits per heavy atom. The van der Waals surface area contributed by atoms with Crippen LogP contribution in [-0.4, -0.2) is 32.3 Å². The largest absolute Gasteiger partial charge is 0.493 e. The first-order valence-corrected chi connectivity index (χ1v) is 9.96. The number of carbonyl (C=O) groups excluding carboxylic acids is 1. The van der Waals surface area contributed by atoms with Gasteiger partial charge in [0, 0.05) is 19.6 Å². The zero-order valence-electron chi connectivity index (χ0n) is 16.5. The van der Waals surface area contributed by atoms with Gasteiger partial charge in [0.05, 0.1) is 13.2 Å². The van der Waals surface area contributed by atoms with E-state index in [1.54, 1.807) is 7.11 Å². The Morgan fingerprint density at radius 2 is 2.00 bits per heavy atom. The van der Waals surface area contributed by atoms with Gasteiger partial charge in [0.15, 0.2) is 11.5 Å². The summed E-state index contributed by atoms with van der Waals surface area (Å²) in [5, 5.41) is 2.98. The number of methoxy groups -OCH3 is 1. The third kappa shape index (κ3) is 6.27. The SMILES string of the molecule is COc1cc(CNC(=O)CCCc2ccccc2)ccc1OCC1CCCO1. The molecule has 5 nitrogen and oxygen atoms in total.